The summed E-state index contributed by atoms with van der Waals surface area (Å²) in [5, 5.41) is 6.58. The van der Waals surface area contributed by atoms with Gasteiger partial charge in [-0.1, -0.05) is 24.3 Å². The van der Waals surface area contributed by atoms with Crippen LogP contribution in [-0.2, 0) is 12.0 Å². The highest BCUT2D eigenvalue weighted by Crippen LogP contribution is 2.47. The number of aliphatic imine (C=N–C) groups is 1. The maximum Gasteiger partial charge on any atom is 0.248 e. The molecule has 0 saturated heterocycles. The topological polar surface area (TPSA) is 79.5 Å². The van der Waals surface area contributed by atoms with E-state index < -0.39 is 5.91 Å². The van der Waals surface area contributed by atoms with Crippen LogP contribution in [0.15, 0.2) is 53.5 Å². The van der Waals surface area contributed by atoms with Crippen molar-refractivity contribution in [1.29, 1.82) is 0 Å². The van der Waals surface area contributed by atoms with Crippen molar-refractivity contribution in [2.45, 2.75) is 24.8 Å². The Labute approximate surface area is 175 Å². The van der Waals surface area contributed by atoms with E-state index in [1.807, 2.05) is 18.2 Å². The molecule has 1 saturated carbocycles. The van der Waals surface area contributed by atoms with Gasteiger partial charge < -0.3 is 16.4 Å². The maximum atomic E-state index is 13.5. The summed E-state index contributed by atoms with van der Waals surface area (Å²) in [6, 6.07) is 14.0. The smallest absolute Gasteiger partial charge is 0.248 e. The molecule has 1 aliphatic rings. The van der Waals surface area contributed by atoms with Crippen molar-refractivity contribution in [2.75, 3.05) is 13.6 Å². The first-order chi connectivity index (χ1) is 12.5. The third kappa shape index (κ3) is 5.41. The number of hydrogen-bond acceptors (Lipinski definition) is 2. The number of guanidine groups is 1. The van der Waals surface area contributed by atoms with Gasteiger partial charge in [0, 0.05) is 31.1 Å². The van der Waals surface area contributed by atoms with E-state index in [4.69, 9.17) is 5.73 Å². The van der Waals surface area contributed by atoms with Gasteiger partial charge in [-0.2, -0.15) is 0 Å². The fourth-order valence-electron chi connectivity index (χ4n) is 2.98. The van der Waals surface area contributed by atoms with Gasteiger partial charge in [0.15, 0.2) is 5.96 Å². The number of carbonyl (C=O) groups is 1. The van der Waals surface area contributed by atoms with Crippen molar-refractivity contribution >= 4 is 35.8 Å². The molecule has 1 amide bonds. The molecule has 2 aromatic rings. The second-order valence-electron chi connectivity index (χ2n) is 6.63. The molecule has 4 N–H and O–H groups in total. The first-order valence-corrected chi connectivity index (χ1v) is 8.62. The molecule has 0 aliphatic heterocycles. The lowest BCUT2D eigenvalue weighted by molar-refractivity contribution is 0.100. The zero-order chi connectivity index (χ0) is 18.6. The average molecular weight is 482 g/mol. The minimum Gasteiger partial charge on any atom is -0.366 e. The van der Waals surface area contributed by atoms with Gasteiger partial charge in [-0.05, 0) is 48.2 Å². The molecule has 27 heavy (non-hydrogen) atoms. The van der Waals surface area contributed by atoms with Crippen LogP contribution in [0.2, 0.25) is 0 Å². The molecule has 144 valence electrons. The van der Waals surface area contributed by atoms with Crippen molar-refractivity contribution in [1.82, 2.24) is 10.6 Å². The minimum absolute atomic E-state index is 0. The van der Waals surface area contributed by atoms with Crippen molar-refractivity contribution < 1.29 is 9.18 Å². The third-order valence-electron chi connectivity index (χ3n) is 4.81. The first kappa shape index (κ1) is 21.1. The zero-order valence-corrected chi connectivity index (χ0v) is 17.5. The number of amides is 1. The largest absolute Gasteiger partial charge is 0.366 e. The Morgan fingerprint density at radius 2 is 1.89 bits per heavy atom. The zero-order valence-electron chi connectivity index (χ0n) is 15.2. The molecule has 0 unspecified atom stereocenters. The normalized spacial score (nSPS) is 14.8. The van der Waals surface area contributed by atoms with Gasteiger partial charge in [0.05, 0.1) is 0 Å². The monoisotopic (exact) mass is 482 g/mol. The van der Waals surface area contributed by atoms with Gasteiger partial charge in [-0.3, -0.25) is 9.79 Å². The number of nitrogens with zero attached hydrogens (tertiary/aromatic N) is 1. The van der Waals surface area contributed by atoms with Crippen LogP contribution in [-0.4, -0.2) is 25.5 Å². The lowest BCUT2D eigenvalue weighted by Crippen LogP contribution is -2.40. The predicted molar refractivity (Wildman–Crippen MR) is 116 cm³/mol. The molecule has 7 heteroatoms. The van der Waals surface area contributed by atoms with Crippen LogP contribution in [0.25, 0.3) is 0 Å². The Bertz CT molecular complexity index is 819. The SMILES string of the molecule is CN=C(NCc1ccc(C(N)=O)cc1)NCC1(c2cccc(F)c2)CC1.I. The van der Waals surface area contributed by atoms with E-state index in [1.54, 1.807) is 31.3 Å². The van der Waals surface area contributed by atoms with Gasteiger partial charge >= 0.3 is 0 Å². The van der Waals surface area contributed by atoms with Crippen LogP contribution in [0, 0.1) is 5.82 Å². The molecule has 0 bridgehead atoms. The molecule has 2 aromatic carbocycles. The summed E-state index contributed by atoms with van der Waals surface area (Å²) in [6.07, 6.45) is 2.07. The minimum atomic E-state index is -0.436. The molecule has 0 atom stereocenters. The number of nitrogens with two attached hydrogens (primary N) is 1. The molecule has 0 spiro atoms. The summed E-state index contributed by atoms with van der Waals surface area (Å²) >= 11 is 0. The molecular formula is C20H24FIN4O. The van der Waals surface area contributed by atoms with E-state index in [-0.39, 0.29) is 35.2 Å². The molecule has 1 aliphatic carbocycles. The van der Waals surface area contributed by atoms with E-state index >= 15 is 0 Å². The summed E-state index contributed by atoms with van der Waals surface area (Å²) in [5.74, 6) is 0.0522. The van der Waals surface area contributed by atoms with Crippen LogP contribution >= 0.6 is 24.0 Å². The molecular weight excluding hydrogens is 458 g/mol. The van der Waals surface area contributed by atoms with Crippen LogP contribution in [0.4, 0.5) is 4.39 Å². The number of nitrogens with one attached hydrogen (secondary N) is 2. The van der Waals surface area contributed by atoms with Gasteiger partial charge in [0.25, 0.3) is 0 Å². The fraction of sp³-hybridized carbons (Fsp3) is 0.300. The molecule has 0 radical (unpaired) electrons. The van der Waals surface area contributed by atoms with Crippen molar-refractivity contribution in [2.24, 2.45) is 10.7 Å². The lowest BCUT2D eigenvalue weighted by atomic mass is 9.96. The molecule has 1 fully saturated rings. The van der Waals surface area contributed by atoms with Gasteiger partial charge in [0.2, 0.25) is 5.91 Å². The number of benzene rings is 2. The third-order valence-corrected chi connectivity index (χ3v) is 4.81. The lowest BCUT2D eigenvalue weighted by Gasteiger charge is -2.19. The van der Waals surface area contributed by atoms with E-state index in [0.29, 0.717) is 24.6 Å². The van der Waals surface area contributed by atoms with Crippen LogP contribution in [0.1, 0.15) is 34.3 Å². The quantitative estimate of drug-likeness (QED) is 0.337. The first-order valence-electron chi connectivity index (χ1n) is 8.62. The number of carbonyl (C=O) groups excluding carboxylic acids is 1. The van der Waals surface area contributed by atoms with Crippen LogP contribution in [0.3, 0.4) is 0 Å². The van der Waals surface area contributed by atoms with Gasteiger partial charge in [-0.25, -0.2) is 4.39 Å². The number of rotatable bonds is 6. The van der Waals surface area contributed by atoms with Crippen molar-refractivity contribution in [3.05, 3.63) is 71.0 Å². The summed E-state index contributed by atoms with van der Waals surface area (Å²) in [4.78, 5) is 15.3. The Kier molecular flexibility index (Phi) is 7.18. The van der Waals surface area contributed by atoms with E-state index in [0.717, 1.165) is 24.0 Å². The van der Waals surface area contributed by atoms with Gasteiger partial charge in [-0.15, -0.1) is 24.0 Å². The highest BCUT2D eigenvalue weighted by Gasteiger charge is 2.44. The van der Waals surface area contributed by atoms with Gasteiger partial charge in [0.1, 0.15) is 5.82 Å². The van der Waals surface area contributed by atoms with Crippen molar-refractivity contribution in [3.63, 3.8) is 0 Å². The summed E-state index contributed by atoms with van der Waals surface area (Å²) < 4.78 is 13.5. The molecule has 3 rings (SSSR count). The summed E-state index contributed by atoms with van der Waals surface area (Å²) in [6.45, 7) is 1.28. The molecule has 0 heterocycles. The van der Waals surface area contributed by atoms with E-state index in [2.05, 4.69) is 15.6 Å². The number of primary amides is 1. The van der Waals surface area contributed by atoms with Crippen molar-refractivity contribution in [3.8, 4) is 0 Å². The summed E-state index contributed by atoms with van der Waals surface area (Å²) in [5.41, 5.74) is 7.77. The second kappa shape index (κ2) is 9.16. The highest BCUT2D eigenvalue weighted by molar-refractivity contribution is 14.0. The standard InChI is InChI=1S/C20H23FN4O.HI/c1-23-19(24-12-14-5-7-15(8-6-14)18(22)26)25-13-20(9-10-20)16-3-2-4-17(21)11-16;/h2-8,11H,9-10,12-13H2,1H3,(H2,22,26)(H2,23,24,25);1H. The Morgan fingerprint density at radius 3 is 2.44 bits per heavy atom. The summed E-state index contributed by atoms with van der Waals surface area (Å²) in [7, 11) is 1.72. The molecule has 5 nitrogen and oxygen atoms in total. The number of halogens is 2. The van der Waals surface area contributed by atoms with Crippen LogP contribution < -0.4 is 16.4 Å². The highest BCUT2D eigenvalue weighted by atomic mass is 127. The maximum absolute atomic E-state index is 13.5. The fourth-order valence-corrected chi connectivity index (χ4v) is 2.98. The predicted octanol–water partition coefficient (Wildman–Crippen LogP) is 2.94. The Hall–Kier alpha value is -2.16. The van der Waals surface area contributed by atoms with E-state index in [1.165, 1.54) is 6.07 Å². The average Bonchev–Trinajstić information content (AvgIpc) is 3.43. The second-order valence-corrected chi connectivity index (χ2v) is 6.63. The molecule has 0 aromatic heterocycles. The Morgan fingerprint density at radius 1 is 1.19 bits per heavy atom. The Balaban J connectivity index is 0.00000261. The van der Waals surface area contributed by atoms with Crippen LogP contribution in [0.5, 0.6) is 0 Å². The van der Waals surface area contributed by atoms with E-state index in [9.17, 15) is 9.18 Å². The number of hydrogen-bond donors (Lipinski definition) is 3.